The maximum absolute atomic E-state index is 13.0. The first-order valence-corrected chi connectivity index (χ1v) is 8.71. The van der Waals surface area contributed by atoms with Crippen LogP contribution in [-0.4, -0.2) is 11.1 Å². The Kier molecular flexibility index (Phi) is 4.87. The Morgan fingerprint density at radius 3 is 2.62 bits per heavy atom. The monoisotopic (exact) mass is 320 g/mol. The molecule has 0 bridgehead atoms. The fourth-order valence-corrected chi connectivity index (χ4v) is 4.60. The zero-order valence-electron chi connectivity index (χ0n) is 11.8. The maximum atomic E-state index is 13.0. The van der Waals surface area contributed by atoms with Gasteiger partial charge in [-0.1, -0.05) is 30.3 Å². The molecule has 1 aliphatic heterocycles. The van der Waals surface area contributed by atoms with Crippen molar-refractivity contribution in [3.05, 3.63) is 65.5 Å². The molecule has 0 aliphatic carbocycles. The molecule has 3 rings (SSSR count). The third-order valence-electron chi connectivity index (χ3n) is 3.97. The highest BCUT2D eigenvalue weighted by Gasteiger charge is 2.24. The average Bonchev–Trinajstić information content (AvgIpc) is 2.91. The number of rotatable bonds is 5. The van der Waals surface area contributed by atoms with Crippen molar-refractivity contribution in [2.45, 2.75) is 29.4 Å². The number of benzene rings is 2. The third kappa shape index (κ3) is 3.81. The van der Waals surface area contributed by atoms with Gasteiger partial charge in [0.1, 0.15) is 5.82 Å². The number of halogens is 2. The molecular formula is C18H18ClFS. The topological polar surface area (TPSA) is 0 Å². The predicted molar refractivity (Wildman–Crippen MR) is 88.7 cm³/mol. The maximum Gasteiger partial charge on any atom is 0.123 e. The Labute approximate surface area is 134 Å². The average molecular weight is 321 g/mol. The Morgan fingerprint density at radius 1 is 1.14 bits per heavy atom. The highest BCUT2D eigenvalue weighted by atomic mass is 35.5. The molecule has 21 heavy (non-hydrogen) atoms. The lowest BCUT2D eigenvalue weighted by Crippen LogP contribution is -2.14. The molecule has 0 amide bonds. The van der Waals surface area contributed by atoms with E-state index < -0.39 is 0 Å². The molecule has 2 atom stereocenters. The molecule has 0 saturated heterocycles. The molecule has 1 aliphatic rings. The van der Waals surface area contributed by atoms with Gasteiger partial charge >= 0.3 is 0 Å². The van der Waals surface area contributed by atoms with Crippen LogP contribution in [0.2, 0.25) is 0 Å². The van der Waals surface area contributed by atoms with Crippen molar-refractivity contribution in [1.82, 2.24) is 0 Å². The van der Waals surface area contributed by atoms with Crippen LogP contribution in [0.4, 0.5) is 4.39 Å². The molecule has 0 radical (unpaired) electrons. The first-order chi connectivity index (χ1) is 10.2. The van der Waals surface area contributed by atoms with E-state index >= 15 is 0 Å². The van der Waals surface area contributed by atoms with Crippen LogP contribution in [0.1, 0.15) is 17.5 Å². The summed E-state index contributed by atoms with van der Waals surface area (Å²) in [5.41, 5.74) is 2.63. The van der Waals surface area contributed by atoms with E-state index in [9.17, 15) is 4.39 Å². The molecule has 0 saturated carbocycles. The minimum atomic E-state index is -0.178. The summed E-state index contributed by atoms with van der Waals surface area (Å²) in [5, 5.41) is 0.617. The van der Waals surface area contributed by atoms with E-state index in [2.05, 4.69) is 24.3 Å². The molecule has 2 unspecified atom stereocenters. The van der Waals surface area contributed by atoms with Crippen LogP contribution >= 0.6 is 23.4 Å². The van der Waals surface area contributed by atoms with Crippen molar-refractivity contribution in [2.24, 2.45) is 5.92 Å². The fraction of sp³-hybridized carbons (Fsp3) is 0.333. The second-order valence-electron chi connectivity index (χ2n) is 5.64. The molecule has 0 fully saturated rings. The third-order valence-corrected chi connectivity index (χ3v) is 5.75. The van der Waals surface area contributed by atoms with Crippen molar-refractivity contribution >= 4 is 23.4 Å². The lowest BCUT2D eigenvalue weighted by molar-refractivity contribution is 0.524. The Balaban J connectivity index is 1.60. The van der Waals surface area contributed by atoms with E-state index in [0.29, 0.717) is 17.0 Å². The van der Waals surface area contributed by atoms with Gasteiger partial charge in [-0.05, 0) is 54.5 Å². The number of thioether (sulfide) groups is 1. The SMILES string of the molecule is Fc1ccc(CC(CCl)CC2Cc3ccccc3S2)cc1. The van der Waals surface area contributed by atoms with Crippen molar-refractivity contribution in [1.29, 1.82) is 0 Å². The lowest BCUT2D eigenvalue weighted by atomic mass is 9.94. The van der Waals surface area contributed by atoms with Crippen molar-refractivity contribution in [2.75, 3.05) is 5.88 Å². The van der Waals surface area contributed by atoms with Gasteiger partial charge in [0.05, 0.1) is 0 Å². The summed E-state index contributed by atoms with van der Waals surface area (Å²) in [6.07, 6.45) is 3.18. The van der Waals surface area contributed by atoms with Crippen LogP contribution in [0.15, 0.2) is 53.4 Å². The van der Waals surface area contributed by atoms with Gasteiger partial charge in [-0.2, -0.15) is 0 Å². The van der Waals surface area contributed by atoms with Crippen LogP contribution in [0.5, 0.6) is 0 Å². The van der Waals surface area contributed by atoms with Gasteiger partial charge in [-0.25, -0.2) is 4.39 Å². The number of hydrogen-bond donors (Lipinski definition) is 0. The number of alkyl halides is 1. The molecule has 0 N–H and O–H groups in total. The molecule has 2 aromatic rings. The van der Waals surface area contributed by atoms with E-state index in [1.54, 1.807) is 0 Å². The standard InChI is InChI=1S/C18H18ClFS/c19-12-14(9-13-5-7-16(20)8-6-13)10-17-11-15-3-1-2-4-18(15)21-17/h1-8,14,17H,9-12H2. The zero-order valence-corrected chi connectivity index (χ0v) is 13.3. The van der Waals surface area contributed by atoms with Crippen LogP contribution in [0.3, 0.4) is 0 Å². The molecule has 0 aromatic heterocycles. The quantitative estimate of drug-likeness (QED) is 0.671. The summed E-state index contributed by atoms with van der Waals surface area (Å²) in [6, 6.07) is 15.4. The first kappa shape index (κ1) is 14.9. The number of hydrogen-bond acceptors (Lipinski definition) is 1. The van der Waals surface area contributed by atoms with Crippen molar-refractivity contribution < 1.29 is 4.39 Å². The fourth-order valence-electron chi connectivity index (χ4n) is 2.91. The van der Waals surface area contributed by atoms with Crippen LogP contribution < -0.4 is 0 Å². The minimum absolute atomic E-state index is 0.178. The van der Waals surface area contributed by atoms with Gasteiger partial charge < -0.3 is 0 Å². The second kappa shape index (κ2) is 6.85. The minimum Gasteiger partial charge on any atom is -0.207 e. The molecule has 2 aromatic carbocycles. The second-order valence-corrected chi connectivity index (χ2v) is 7.29. The summed E-state index contributed by atoms with van der Waals surface area (Å²) < 4.78 is 13.0. The van der Waals surface area contributed by atoms with Gasteiger partial charge in [0.25, 0.3) is 0 Å². The summed E-state index contributed by atoms with van der Waals surface area (Å²) in [4.78, 5) is 1.41. The highest BCUT2D eigenvalue weighted by molar-refractivity contribution is 8.00. The predicted octanol–water partition coefficient (Wildman–Crippen LogP) is 5.33. The Morgan fingerprint density at radius 2 is 1.90 bits per heavy atom. The first-order valence-electron chi connectivity index (χ1n) is 7.29. The number of fused-ring (bicyclic) bond motifs is 1. The van der Waals surface area contributed by atoms with E-state index in [-0.39, 0.29) is 5.82 Å². The van der Waals surface area contributed by atoms with Crippen LogP contribution in [0, 0.1) is 11.7 Å². The molecular weight excluding hydrogens is 303 g/mol. The van der Waals surface area contributed by atoms with Gasteiger partial charge in [-0.15, -0.1) is 23.4 Å². The molecule has 1 heterocycles. The normalized spacial score (nSPS) is 18.5. The van der Waals surface area contributed by atoms with Gasteiger partial charge in [0.2, 0.25) is 0 Å². The van der Waals surface area contributed by atoms with E-state index in [4.69, 9.17) is 11.6 Å². The summed E-state index contributed by atoms with van der Waals surface area (Å²) >= 11 is 8.13. The van der Waals surface area contributed by atoms with Crippen molar-refractivity contribution in [3.63, 3.8) is 0 Å². The molecule has 110 valence electrons. The lowest BCUT2D eigenvalue weighted by Gasteiger charge is -2.18. The van der Waals surface area contributed by atoms with E-state index in [1.807, 2.05) is 23.9 Å². The van der Waals surface area contributed by atoms with Crippen LogP contribution in [-0.2, 0) is 12.8 Å². The largest absolute Gasteiger partial charge is 0.207 e. The smallest absolute Gasteiger partial charge is 0.123 e. The van der Waals surface area contributed by atoms with Gasteiger partial charge in [0, 0.05) is 16.0 Å². The van der Waals surface area contributed by atoms with E-state index in [0.717, 1.165) is 19.3 Å². The summed E-state index contributed by atoms with van der Waals surface area (Å²) in [6.45, 7) is 0. The Bertz CT molecular complexity index is 571. The van der Waals surface area contributed by atoms with E-state index in [1.165, 1.54) is 28.2 Å². The molecule has 3 heteroatoms. The van der Waals surface area contributed by atoms with Crippen LogP contribution in [0.25, 0.3) is 0 Å². The summed E-state index contributed by atoms with van der Waals surface area (Å²) in [5.74, 6) is 0.928. The van der Waals surface area contributed by atoms with Gasteiger partial charge in [0.15, 0.2) is 0 Å². The highest BCUT2D eigenvalue weighted by Crippen LogP contribution is 2.40. The van der Waals surface area contributed by atoms with Gasteiger partial charge in [-0.3, -0.25) is 0 Å². The summed E-state index contributed by atoms with van der Waals surface area (Å²) in [7, 11) is 0. The molecule has 0 nitrogen and oxygen atoms in total. The zero-order chi connectivity index (χ0) is 14.7. The van der Waals surface area contributed by atoms with Crippen molar-refractivity contribution in [3.8, 4) is 0 Å². The molecule has 0 spiro atoms. The Hall–Kier alpha value is -0.990.